The summed E-state index contributed by atoms with van der Waals surface area (Å²) in [6, 6.07) is 8.21. The van der Waals surface area contributed by atoms with E-state index in [-0.39, 0.29) is 5.76 Å². The van der Waals surface area contributed by atoms with Crippen LogP contribution in [0.25, 0.3) is 11.0 Å². The third kappa shape index (κ3) is 3.66. The summed E-state index contributed by atoms with van der Waals surface area (Å²) in [6.45, 7) is 2.95. The van der Waals surface area contributed by atoms with E-state index in [0.29, 0.717) is 22.3 Å². The van der Waals surface area contributed by atoms with E-state index in [1.54, 1.807) is 25.1 Å². The smallest absolute Gasteiger partial charge is 0.375 e. The van der Waals surface area contributed by atoms with Gasteiger partial charge in [0.25, 0.3) is 5.91 Å². The Balaban J connectivity index is 1.76. The lowest BCUT2D eigenvalue weighted by molar-refractivity contribution is -0.123. The highest BCUT2D eigenvalue weighted by Gasteiger charge is 2.25. The van der Waals surface area contributed by atoms with Gasteiger partial charge in [-0.15, -0.1) is 0 Å². The highest BCUT2D eigenvalue weighted by Crippen LogP contribution is 2.29. The van der Waals surface area contributed by atoms with Gasteiger partial charge in [0, 0.05) is 10.9 Å². The predicted molar refractivity (Wildman–Crippen MR) is 97.4 cm³/mol. The number of carbonyl (C=O) groups excluding carboxylic acids is 2. The van der Waals surface area contributed by atoms with Crippen molar-refractivity contribution in [3.63, 3.8) is 0 Å². The van der Waals surface area contributed by atoms with Gasteiger partial charge in [0.05, 0.1) is 7.11 Å². The fourth-order valence-corrected chi connectivity index (χ4v) is 2.63. The van der Waals surface area contributed by atoms with E-state index < -0.39 is 35.3 Å². The van der Waals surface area contributed by atoms with E-state index in [1.807, 2.05) is 0 Å². The number of halogens is 2. The number of benzene rings is 2. The second-order valence-corrected chi connectivity index (χ2v) is 6.05. The molecule has 1 amide bonds. The molecule has 28 heavy (non-hydrogen) atoms. The zero-order valence-corrected chi connectivity index (χ0v) is 15.3. The van der Waals surface area contributed by atoms with Gasteiger partial charge in [-0.1, -0.05) is 6.07 Å². The van der Waals surface area contributed by atoms with Crippen molar-refractivity contribution in [3.05, 3.63) is 59.4 Å². The van der Waals surface area contributed by atoms with Gasteiger partial charge in [-0.2, -0.15) is 0 Å². The van der Waals surface area contributed by atoms with E-state index in [9.17, 15) is 18.4 Å². The number of furan rings is 1. The first-order valence-corrected chi connectivity index (χ1v) is 8.34. The Morgan fingerprint density at radius 1 is 1.14 bits per heavy atom. The fourth-order valence-electron chi connectivity index (χ4n) is 2.63. The molecule has 0 aliphatic carbocycles. The second-order valence-electron chi connectivity index (χ2n) is 6.05. The standard InChI is InChI=1S/C20H17F2NO5/c1-10-13-9-12(26-3)7-8-16(13)28-18(10)20(25)27-11(2)19(24)23-17-14(21)5-4-6-15(17)22/h4-9,11H,1-3H3,(H,23,24)/t11-/m0/s1. The van der Waals surface area contributed by atoms with Gasteiger partial charge in [-0.05, 0) is 44.2 Å². The molecule has 146 valence electrons. The Hall–Kier alpha value is -3.42. The fraction of sp³-hybridized carbons (Fsp3) is 0.200. The molecule has 0 unspecified atom stereocenters. The summed E-state index contributed by atoms with van der Waals surface area (Å²) in [4.78, 5) is 24.6. The highest BCUT2D eigenvalue weighted by atomic mass is 19.1. The lowest BCUT2D eigenvalue weighted by atomic mass is 10.1. The summed E-state index contributed by atoms with van der Waals surface area (Å²) in [5.74, 6) is -3.10. The summed E-state index contributed by atoms with van der Waals surface area (Å²) in [5, 5.41) is 2.74. The van der Waals surface area contributed by atoms with Crippen LogP contribution in [0.5, 0.6) is 5.75 Å². The number of carbonyl (C=O) groups is 2. The summed E-state index contributed by atoms with van der Waals surface area (Å²) in [7, 11) is 1.52. The van der Waals surface area contributed by atoms with E-state index >= 15 is 0 Å². The van der Waals surface area contributed by atoms with E-state index in [4.69, 9.17) is 13.9 Å². The number of hydrogen-bond acceptors (Lipinski definition) is 5. The highest BCUT2D eigenvalue weighted by molar-refractivity contribution is 5.99. The molecule has 0 saturated carbocycles. The molecule has 1 heterocycles. The van der Waals surface area contributed by atoms with Crippen LogP contribution in [0.4, 0.5) is 14.5 Å². The molecule has 1 N–H and O–H groups in total. The normalized spacial score (nSPS) is 11.9. The van der Waals surface area contributed by atoms with E-state index in [0.717, 1.165) is 12.1 Å². The van der Waals surface area contributed by atoms with Crippen LogP contribution in [-0.4, -0.2) is 25.1 Å². The quantitative estimate of drug-likeness (QED) is 0.662. The number of fused-ring (bicyclic) bond motifs is 1. The van der Waals surface area contributed by atoms with Crippen LogP contribution in [-0.2, 0) is 9.53 Å². The zero-order chi connectivity index (χ0) is 20.4. The molecule has 0 saturated heterocycles. The molecule has 2 aromatic carbocycles. The predicted octanol–water partition coefficient (Wildman–Crippen LogP) is 4.21. The molecule has 0 radical (unpaired) electrons. The van der Waals surface area contributed by atoms with Crippen molar-refractivity contribution in [2.24, 2.45) is 0 Å². The minimum atomic E-state index is -1.31. The number of rotatable bonds is 5. The number of ether oxygens (including phenoxy) is 2. The van der Waals surface area contributed by atoms with Crippen LogP contribution in [0.15, 0.2) is 40.8 Å². The Labute approximate surface area is 159 Å². The first-order chi connectivity index (χ1) is 13.3. The molecular formula is C20H17F2NO5. The summed E-state index contributed by atoms with van der Waals surface area (Å²) >= 11 is 0. The first-order valence-electron chi connectivity index (χ1n) is 8.34. The molecule has 0 bridgehead atoms. The minimum absolute atomic E-state index is 0.0695. The summed E-state index contributed by atoms with van der Waals surface area (Å²) in [5.41, 5.74) is 0.366. The number of esters is 1. The van der Waals surface area contributed by atoms with Crippen LogP contribution >= 0.6 is 0 Å². The number of nitrogens with one attached hydrogen (secondary N) is 1. The van der Waals surface area contributed by atoms with E-state index in [1.165, 1.54) is 20.1 Å². The Morgan fingerprint density at radius 2 is 1.82 bits per heavy atom. The number of hydrogen-bond donors (Lipinski definition) is 1. The maximum Gasteiger partial charge on any atom is 0.375 e. The van der Waals surface area contributed by atoms with Gasteiger partial charge in [0.1, 0.15) is 28.7 Å². The monoisotopic (exact) mass is 389 g/mol. The van der Waals surface area contributed by atoms with Crippen molar-refractivity contribution in [2.45, 2.75) is 20.0 Å². The van der Waals surface area contributed by atoms with Crippen molar-refractivity contribution in [1.29, 1.82) is 0 Å². The molecule has 1 atom stereocenters. The summed E-state index contributed by atoms with van der Waals surface area (Å²) in [6.07, 6.45) is -1.31. The average Bonchev–Trinajstić information content (AvgIpc) is 3.00. The van der Waals surface area contributed by atoms with Crippen LogP contribution in [0.1, 0.15) is 23.0 Å². The van der Waals surface area contributed by atoms with Gasteiger partial charge in [-0.25, -0.2) is 13.6 Å². The van der Waals surface area contributed by atoms with Crippen LogP contribution in [0, 0.1) is 18.6 Å². The zero-order valence-electron chi connectivity index (χ0n) is 15.3. The molecule has 0 aliphatic rings. The molecule has 3 aromatic rings. The lowest BCUT2D eigenvalue weighted by Crippen LogP contribution is -2.30. The minimum Gasteiger partial charge on any atom is -0.497 e. The largest absolute Gasteiger partial charge is 0.497 e. The molecule has 1 aromatic heterocycles. The molecule has 0 fully saturated rings. The molecule has 3 rings (SSSR count). The van der Waals surface area contributed by atoms with E-state index in [2.05, 4.69) is 5.32 Å². The molecule has 0 spiro atoms. The summed E-state index contributed by atoms with van der Waals surface area (Å²) < 4.78 is 43.1. The van der Waals surface area contributed by atoms with Gasteiger partial charge in [0.15, 0.2) is 6.10 Å². The van der Waals surface area contributed by atoms with Crippen molar-refractivity contribution in [2.75, 3.05) is 12.4 Å². The topological polar surface area (TPSA) is 77.8 Å². The number of amides is 1. The van der Waals surface area contributed by atoms with Crippen molar-refractivity contribution >= 4 is 28.5 Å². The Morgan fingerprint density at radius 3 is 2.46 bits per heavy atom. The SMILES string of the molecule is COc1ccc2oc(C(=O)O[C@@H](C)C(=O)Nc3c(F)cccc3F)c(C)c2c1. The number of aryl methyl sites for hydroxylation is 1. The van der Waals surface area contributed by atoms with Gasteiger partial charge in [-0.3, -0.25) is 4.79 Å². The van der Waals surface area contributed by atoms with Crippen LogP contribution in [0.3, 0.4) is 0 Å². The third-order valence-corrected chi connectivity index (χ3v) is 4.19. The number of para-hydroxylation sites is 1. The van der Waals surface area contributed by atoms with Crippen LogP contribution in [0.2, 0.25) is 0 Å². The Bertz CT molecular complexity index is 1040. The third-order valence-electron chi connectivity index (χ3n) is 4.19. The molecule has 8 heteroatoms. The van der Waals surface area contributed by atoms with Crippen molar-refractivity contribution < 1.29 is 32.3 Å². The van der Waals surface area contributed by atoms with Gasteiger partial charge < -0.3 is 19.2 Å². The molecule has 0 aliphatic heterocycles. The lowest BCUT2D eigenvalue weighted by Gasteiger charge is -2.13. The van der Waals surface area contributed by atoms with Gasteiger partial charge >= 0.3 is 5.97 Å². The molecular weight excluding hydrogens is 372 g/mol. The van der Waals surface area contributed by atoms with Crippen LogP contribution < -0.4 is 10.1 Å². The van der Waals surface area contributed by atoms with Crippen molar-refractivity contribution in [1.82, 2.24) is 0 Å². The maximum atomic E-state index is 13.6. The number of methoxy groups -OCH3 is 1. The van der Waals surface area contributed by atoms with Gasteiger partial charge in [0.2, 0.25) is 5.76 Å². The molecule has 6 nitrogen and oxygen atoms in total. The first kappa shape index (κ1) is 19.3. The van der Waals surface area contributed by atoms with Crippen molar-refractivity contribution in [3.8, 4) is 5.75 Å². The maximum absolute atomic E-state index is 13.6. The number of anilines is 1. The average molecular weight is 389 g/mol. The second kappa shape index (κ2) is 7.67. The Kier molecular flexibility index (Phi) is 5.30.